The first kappa shape index (κ1) is 14.5. The summed E-state index contributed by atoms with van der Waals surface area (Å²) in [5, 5.41) is 16.5. The van der Waals surface area contributed by atoms with Crippen molar-refractivity contribution < 1.29 is 4.74 Å². The molecule has 6 nitrogen and oxygen atoms in total. The van der Waals surface area contributed by atoms with Crippen molar-refractivity contribution in [3.05, 3.63) is 42.0 Å². The lowest BCUT2D eigenvalue weighted by Gasteiger charge is -2.18. The van der Waals surface area contributed by atoms with E-state index in [-0.39, 0.29) is 6.10 Å². The molecule has 0 bridgehead atoms. The zero-order chi connectivity index (χ0) is 15.4. The number of rotatable bonds is 5. The van der Waals surface area contributed by atoms with Crippen molar-refractivity contribution in [2.75, 3.05) is 18.5 Å². The van der Waals surface area contributed by atoms with Crippen molar-refractivity contribution in [3.8, 4) is 6.07 Å². The Labute approximate surface area is 129 Å². The summed E-state index contributed by atoms with van der Waals surface area (Å²) in [5.41, 5.74) is 2.50. The molecule has 1 fully saturated rings. The van der Waals surface area contributed by atoms with Gasteiger partial charge < -0.3 is 10.1 Å². The molecule has 2 aromatic heterocycles. The Balaban J connectivity index is 1.62. The minimum absolute atomic E-state index is 0.0964. The second kappa shape index (κ2) is 6.58. The summed E-state index contributed by atoms with van der Waals surface area (Å²) in [7, 11) is 0. The zero-order valence-corrected chi connectivity index (χ0v) is 12.6. The number of pyridine rings is 1. The molecule has 0 unspecified atom stereocenters. The SMILES string of the molecule is CCn1cc([C@@H]2OCC[C@H]2CNc2ccc(C#N)nc2)cn1. The number of hydrogen-bond donors (Lipinski definition) is 1. The van der Waals surface area contributed by atoms with Gasteiger partial charge in [0.15, 0.2) is 0 Å². The number of nitriles is 1. The standard InChI is InChI=1S/C16H19N5O/c1-2-21-11-13(9-20-21)16-12(5-6-22-16)8-18-15-4-3-14(7-17)19-10-15/h3-4,9-12,16,18H,2,5-6,8H2,1H3/t12-,16+/m0/s1. The van der Waals surface area contributed by atoms with Gasteiger partial charge in [-0.15, -0.1) is 0 Å². The molecule has 0 aromatic carbocycles. The second-order valence-corrected chi connectivity index (χ2v) is 5.39. The fraction of sp³-hybridized carbons (Fsp3) is 0.438. The number of anilines is 1. The second-order valence-electron chi connectivity index (χ2n) is 5.39. The highest BCUT2D eigenvalue weighted by molar-refractivity contribution is 5.42. The van der Waals surface area contributed by atoms with Gasteiger partial charge in [0.25, 0.3) is 0 Å². The first-order chi connectivity index (χ1) is 10.8. The van der Waals surface area contributed by atoms with Gasteiger partial charge in [0, 0.05) is 37.4 Å². The van der Waals surface area contributed by atoms with E-state index in [1.165, 1.54) is 0 Å². The van der Waals surface area contributed by atoms with Crippen LogP contribution in [0, 0.1) is 17.2 Å². The molecule has 3 heterocycles. The molecule has 22 heavy (non-hydrogen) atoms. The molecule has 1 aliphatic rings. The number of ether oxygens (including phenoxy) is 1. The molecule has 0 spiro atoms. The molecule has 3 rings (SSSR count). The van der Waals surface area contributed by atoms with Gasteiger partial charge in [-0.1, -0.05) is 0 Å². The lowest BCUT2D eigenvalue weighted by molar-refractivity contribution is 0.0932. The topological polar surface area (TPSA) is 75.8 Å². The van der Waals surface area contributed by atoms with Crippen LogP contribution in [0.3, 0.4) is 0 Å². The van der Waals surface area contributed by atoms with E-state index in [0.717, 1.165) is 37.4 Å². The van der Waals surface area contributed by atoms with Crippen LogP contribution in [0.1, 0.15) is 30.7 Å². The maximum absolute atomic E-state index is 8.76. The summed E-state index contributed by atoms with van der Waals surface area (Å²) >= 11 is 0. The molecule has 0 amide bonds. The molecule has 0 radical (unpaired) electrons. The summed E-state index contributed by atoms with van der Waals surface area (Å²) in [6.07, 6.45) is 6.78. The van der Waals surface area contributed by atoms with Crippen molar-refractivity contribution in [1.29, 1.82) is 5.26 Å². The molecule has 2 atom stereocenters. The van der Waals surface area contributed by atoms with E-state index < -0.39 is 0 Å². The van der Waals surface area contributed by atoms with Crippen LogP contribution in [0.25, 0.3) is 0 Å². The lowest BCUT2D eigenvalue weighted by atomic mass is 9.97. The molecule has 1 N–H and O–H groups in total. The molecular formula is C16H19N5O. The largest absolute Gasteiger partial charge is 0.383 e. The van der Waals surface area contributed by atoms with Crippen LogP contribution in [0.5, 0.6) is 0 Å². The van der Waals surface area contributed by atoms with Crippen molar-refractivity contribution in [1.82, 2.24) is 14.8 Å². The van der Waals surface area contributed by atoms with Crippen molar-refractivity contribution in [3.63, 3.8) is 0 Å². The monoisotopic (exact) mass is 297 g/mol. The third-order valence-corrected chi connectivity index (χ3v) is 3.97. The first-order valence-electron chi connectivity index (χ1n) is 7.54. The zero-order valence-electron chi connectivity index (χ0n) is 12.6. The number of aromatic nitrogens is 3. The third-order valence-electron chi connectivity index (χ3n) is 3.97. The van der Waals surface area contributed by atoms with Gasteiger partial charge in [0.05, 0.1) is 24.2 Å². The van der Waals surface area contributed by atoms with Crippen LogP contribution >= 0.6 is 0 Å². The quantitative estimate of drug-likeness (QED) is 0.917. The Morgan fingerprint density at radius 1 is 1.45 bits per heavy atom. The smallest absolute Gasteiger partial charge is 0.140 e. The van der Waals surface area contributed by atoms with Gasteiger partial charge >= 0.3 is 0 Å². The predicted octanol–water partition coefficient (Wildman–Crippen LogP) is 2.36. The van der Waals surface area contributed by atoms with Gasteiger partial charge in [-0.3, -0.25) is 4.68 Å². The Kier molecular flexibility index (Phi) is 4.35. The minimum Gasteiger partial charge on any atom is -0.383 e. The van der Waals surface area contributed by atoms with Crippen molar-refractivity contribution in [2.24, 2.45) is 5.92 Å². The fourth-order valence-electron chi connectivity index (χ4n) is 2.72. The summed E-state index contributed by atoms with van der Waals surface area (Å²) < 4.78 is 7.81. The molecule has 0 aliphatic carbocycles. The third kappa shape index (κ3) is 3.10. The van der Waals surface area contributed by atoms with Gasteiger partial charge in [-0.05, 0) is 25.5 Å². The van der Waals surface area contributed by atoms with E-state index in [2.05, 4.69) is 28.5 Å². The maximum Gasteiger partial charge on any atom is 0.140 e. The number of nitrogens with one attached hydrogen (secondary N) is 1. The van der Waals surface area contributed by atoms with E-state index >= 15 is 0 Å². The maximum atomic E-state index is 8.76. The summed E-state index contributed by atoms with van der Waals surface area (Å²) in [5.74, 6) is 0.408. The van der Waals surface area contributed by atoms with Crippen LogP contribution < -0.4 is 5.32 Å². The van der Waals surface area contributed by atoms with E-state index in [9.17, 15) is 0 Å². The van der Waals surface area contributed by atoms with Gasteiger partial charge in [0.2, 0.25) is 0 Å². The van der Waals surface area contributed by atoms with Gasteiger partial charge in [0.1, 0.15) is 11.8 Å². The Bertz CT molecular complexity index is 658. The molecule has 1 saturated heterocycles. The van der Waals surface area contributed by atoms with Crippen molar-refractivity contribution >= 4 is 5.69 Å². The molecule has 2 aromatic rings. The van der Waals surface area contributed by atoms with E-state index in [1.54, 1.807) is 12.3 Å². The molecule has 114 valence electrons. The van der Waals surface area contributed by atoms with Crippen LogP contribution in [0.15, 0.2) is 30.7 Å². The number of nitrogens with zero attached hydrogens (tertiary/aromatic N) is 4. The van der Waals surface area contributed by atoms with Crippen LogP contribution in [-0.2, 0) is 11.3 Å². The van der Waals surface area contributed by atoms with Gasteiger partial charge in [-0.25, -0.2) is 4.98 Å². The summed E-state index contributed by atoms with van der Waals surface area (Å²) in [6.45, 7) is 4.53. The Morgan fingerprint density at radius 2 is 2.36 bits per heavy atom. The summed E-state index contributed by atoms with van der Waals surface area (Å²) in [6, 6.07) is 5.62. The van der Waals surface area contributed by atoms with E-state index in [4.69, 9.17) is 10.00 Å². The van der Waals surface area contributed by atoms with E-state index in [1.807, 2.05) is 23.0 Å². The highest BCUT2D eigenvalue weighted by Gasteiger charge is 2.30. The van der Waals surface area contributed by atoms with E-state index in [0.29, 0.717) is 11.6 Å². The normalized spacial score (nSPS) is 20.7. The highest BCUT2D eigenvalue weighted by atomic mass is 16.5. The predicted molar refractivity (Wildman–Crippen MR) is 82.1 cm³/mol. The Morgan fingerprint density at radius 3 is 3.05 bits per heavy atom. The average Bonchev–Trinajstić information content (AvgIpc) is 3.21. The first-order valence-corrected chi connectivity index (χ1v) is 7.54. The van der Waals surface area contributed by atoms with Crippen molar-refractivity contribution in [2.45, 2.75) is 26.0 Å². The highest BCUT2D eigenvalue weighted by Crippen LogP contribution is 2.34. The number of hydrogen-bond acceptors (Lipinski definition) is 5. The summed E-state index contributed by atoms with van der Waals surface area (Å²) in [4.78, 5) is 4.07. The number of aryl methyl sites for hydroxylation is 1. The molecule has 0 saturated carbocycles. The van der Waals surface area contributed by atoms with Crippen LogP contribution in [0.4, 0.5) is 5.69 Å². The lowest BCUT2D eigenvalue weighted by Crippen LogP contribution is -2.17. The average molecular weight is 297 g/mol. The Hall–Kier alpha value is -2.39. The fourth-order valence-corrected chi connectivity index (χ4v) is 2.72. The minimum atomic E-state index is 0.0964. The molecule has 1 aliphatic heterocycles. The van der Waals surface area contributed by atoms with Gasteiger partial charge in [-0.2, -0.15) is 10.4 Å². The molecular weight excluding hydrogens is 278 g/mol. The molecule has 6 heteroatoms. The van der Waals surface area contributed by atoms with Crippen LogP contribution in [-0.4, -0.2) is 27.9 Å². The van der Waals surface area contributed by atoms with Crippen LogP contribution in [0.2, 0.25) is 0 Å².